The predicted molar refractivity (Wildman–Crippen MR) is 102 cm³/mol. The Bertz CT molecular complexity index is 759. The number of benzene rings is 2. The summed E-state index contributed by atoms with van der Waals surface area (Å²) < 4.78 is 4.99. The number of rotatable bonds is 5. The molecule has 1 heterocycles. The van der Waals surface area contributed by atoms with Gasteiger partial charge in [-0.25, -0.2) is 0 Å². The van der Waals surface area contributed by atoms with Crippen molar-refractivity contribution in [3.05, 3.63) is 54.6 Å². The van der Waals surface area contributed by atoms with E-state index in [1.165, 1.54) is 0 Å². The number of anilines is 1. The third-order valence-electron chi connectivity index (χ3n) is 4.71. The Kier molecular flexibility index (Phi) is 5.68. The van der Waals surface area contributed by atoms with Crippen molar-refractivity contribution in [3.63, 3.8) is 0 Å². The third kappa shape index (κ3) is 3.94. The van der Waals surface area contributed by atoms with Crippen LogP contribution in [-0.4, -0.2) is 49.1 Å². The van der Waals surface area contributed by atoms with Crippen molar-refractivity contribution in [2.24, 2.45) is 0 Å². The van der Waals surface area contributed by atoms with Crippen LogP contribution in [0.2, 0.25) is 0 Å². The number of esters is 1. The molecule has 0 N–H and O–H groups in total. The Balaban J connectivity index is 1.69. The van der Waals surface area contributed by atoms with Crippen molar-refractivity contribution in [2.45, 2.75) is 19.9 Å². The van der Waals surface area contributed by atoms with E-state index in [1.807, 2.05) is 54.3 Å². The van der Waals surface area contributed by atoms with Crippen molar-refractivity contribution in [1.82, 2.24) is 4.90 Å². The maximum absolute atomic E-state index is 12.8. The van der Waals surface area contributed by atoms with Gasteiger partial charge < -0.3 is 9.64 Å². The Labute approximate surface area is 154 Å². The molecular formula is C21H24N2O3. The van der Waals surface area contributed by atoms with E-state index in [0.29, 0.717) is 19.7 Å². The fourth-order valence-corrected chi connectivity index (χ4v) is 3.22. The van der Waals surface area contributed by atoms with Crippen molar-refractivity contribution in [2.75, 3.05) is 31.1 Å². The first kappa shape index (κ1) is 18.1. The van der Waals surface area contributed by atoms with Crippen LogP contribution >= 0.6 is 0 Å². The van der Waals surface area contributed by atoms with Crippen molar-refractivity contribution in [3.8, 4) is 11.1 Å². The number of hydrogen-bond donors (Lipinski definition) is 0. The van der Waals surface area contributed by atoms with E-state index >= 15 is 0 Å². The van der Waals surface area contributed by atoms with Crippen LogP contribution in [0, 0.1) is 0 Å². The van der Waals surface area contributed by atoms with E-state index in [2.05, 4.69) is 12.1 Å². The van der Waals surface area contributed by atoms with Crippen LogP contribution in [0.1, 0.15) is 13.8 Å². The molecule has 5 nitrogen and oxygen atoms in total. The van der Waals surface area contributed by atoms with Crippen LogP contribution < -0.4 is 4.90 Å². The molecule has 0 bridgehead atoms. The number of carbonyl (C=O) groups excluding carboxylic acids is 2. The molecule has 5 heteroatoms. The Morgan fingerprint density at radius 1 is 1.04 bits per heavy atom. The normalized spacial score (nSPS) is 18.0. The molecule has 1 unspecified atom stereocenters. The number of nitrogens with zero attached hydrogens (tertiary/aromatic N) is 2. The van der Waals surface area contributed by atoms with Crippen molar-refractivity contribution < 1.29 is 14.3 Å². The lowest BCUT2D eigenvalue weighted by Crippen LogP contribution is -2.57. The van der Waals surface area contributed by atoms with E-state index < -0.39 is 0 Å². The topological polar surface area (TPSA) is 49.9 Å². The van der Waals surface area contributed by atoms with Crippen LogP contribution in [0.25, 0.3) is 11.1 Å². The number of amides is 1. The lowest BCUT2D eigenvalue weighted by molar-refractivity contribution is -0.145. The molecule has 0 aromatic heterocycles. The Morgan fingerprint density at radius 2 is 1.69 bits per heavy atom. The van der Waals surface area contributed by atoms with E-state index in [-0.39, 0.29) is 24.5 Å². The fraction of sp³-hybridized carbons (Fsp3) is 0.333. The van der Waals surface area contributed by atoms with E-state index in [1.54, 1.807) is 11.8 Å². The van der Waals surface area contributed by atoms with E-state index in [4.69, 9.17) is 4.74 Å². The largest absolute Gasteiger partial charge is 0.465 e. The summed E-state index contributed by atoms with van der Waals surface area (Å²) in [5, 5.41) is 0. The average Bonchev–Trinajstić information content (AvgIpc) is 2.67. The average molecular weight is 352 g/mol. The molecule has 26 heavy (non-hydrogen) atoms. The molecule has 0 spiro atoms. The first-order valence-electron chi connectivity index (χ1n) is 8.96. The lowest BCUT2D eigenvalue weighted by atomic mass is 10.0. The Morgan fingerprint density at radius 3 is 2.35 bits per heavy atom. The smallest absolute Gasteiger partial charge is 0.320 e. The van der Waals surface area contributed by atoms with Gasteiger partial charge in [-0.05, 0) is 37.1 Å². The monoisotopic (exact) mass is 352 g/mol. The van der Waals surface area contributed by atoms with Crippen molar-refractivity contribution in [1.29, 1.82) is 0 Å². The number of piperazine rings is 1. The highest BCUT2D eigenvalue weighted by molar-refractivity contribution is 5.98. The third-order valence-corrected chi connectivity index (χ3v) is 4.71. The summed E-state index contributed by atoms with van der Waals surface area (Å²) in [5.74, 6) is -0.277. The second kappa shape index (κ2) is 8.15. The first-order valence-corrected chi connectivity index (χ1v) is 8.96. The van der Waals surface area contributed by atoms with Gasteiger partial charge in [-0.2, -0.15) is 0 Å². The summed E-state index contributed by atoms with van der Waals surface area (Å²) in [5.41, 5.74) is 3.16. The minimum absolute atomic E-state index is 0.00742. The molecule has 0 radical (unpaired) electrons. The maximum atomic E-state index is 12.8. The molecule has 136 valence electrons. The summed E-state index contributed by atoms with van der Waals surface area (Å²) in [7, 11) is 0. The lowest BCUT2D eigenvalue weighted by Gasteiger charge is -2.38. The molecule has 1 saturated heterocycles. The van der Waals surface area contributed by atoms with Crippen LogP contribution in [0.15, 0.2) is 54.6 Å². The van der Waals surface area contributed by atoms with Gasteiger partial charge in [0.05, 0.1) is 19.2 Å². The van der Waals surface area contributed by atoms with Crippen LogP contribution in [0.3, 0.4) is 0 Å². The zero-order valence-corrected chi connectivity index (χ0v) is 15.2. The summed E-state index contributed by atoms with van der Waals surface area (Å²) in [6.45, 7) is 5.34. The minimum Gasteiger partial charge on any atom is -0.465 e. The molecule has 0 saturated carbocycles. The highest BCUT2D eigenvalue weighted by Gasteiger charge is 2.33. The molecule has 2 aromatic carbocycles. The zero-order valence-electron chi connectivity index (χ0n) is 15.2. The molecule has 0 aliphatic carbocycles. The fourth-order valence-electron chi connectivity index (χ4n) is 3.22. The standard InChI is InChI=1S/C21H24N2O3/c1-3-26-20(24)15-22-13-14-23(21(25)16(22)2)19-11-9-18(10-12-19)17-7-5-4-6-8-17/h4-12,16H,3,13-15H2,1-2H3. The maximum Gasteiger partial charge on any atom is 0.320 e. The molecular weight excluding hydrogens is 328 g/mol. The van der Waals surface area contributed by atoms with Gasteiger partial charge in [-0.3, -0.25) is 14.5 Å². The number of carbonyl (C=O) groups is 2. The second-order valence-corrected chi connectivity index (χ2v) is 6.35. The molecule has 1 amide bonds. The van der Waals surface area contributed by atoms with Gasteiger partial charge in [0, 0.05) is 18.8 Å². The van der Waals surface area contributed by atoms with Gasteiger partial charge in [-0.1, -0.05) is 42.5 Å². The van der Waals surface area contributed by atoms with Gasteiger partial charge in [0.1, 0.15) is 0 Å². The molecule has 2 aromatic rings. The SMILES string of the molecule is CCOC(=O)CN1CCN(c2ccc(-c3ccccc3)cc2)C(=O)C1C. The molecule has 3 rings (SSSR count). The highest BCUT2D eigenvalue weighted by Crippen LogP contribution is 2.25. The first-order chi connectivity index (χ1) is 12.6. The predicted octanol–water partition coefficient (Wildman–Crippen LogP) is 2.95. The van der Waals surface area contributed by atoms with Crippen molar-refractivity contribution >= 4 is 17.6 Å². The van der Waals surface area contributed by atoms with Gasteiger partial charge in [-0.15, -0.1) is 0 Å². The highest BCUT2D eigenvalue weighted by atomic mass is 16.5. The molecule has 1 aliphatic rings. The summed E-state index contributed by atoms with van der Waals surface area (Å²) >= 11 is 0. The number of ether oxygens (including phenoxy) is 1. The summed E-state index contributed by atoms with van der Waals surface area (Å²) in [6, 6.07) is 17.8. The quantitative estimate of drug-likeness (QED) is 0.777. The van der Waals surface area contributed by atoms with Gasteiger partial charge in [0.2, 0.25) is 5.91 Å². The molecule has 1 aliphatic heterocycles. The molecule has 1 atom stereocenters. The zero-order chi connectivity index (χ0) is 18.5. The second-order valence-electron chi connectivity index (χ2n) is 6.35. The molecule has 1 fully saturated rings. The van der Waals surface area contributed by atoms with E-state index in [0.717, 1.165) is 16.8 Å². The van der Waals surface area contributed by atoms with Crippen LogP contribution in [0.5, 0.6) is 0 Å². The Hall–Kier alpha value is -2.66. The van der Waals surface area contributed by atoms with Gasteiger partial charge in [0.25, 0.3) is 0 Å². The summed E-state index contributed by atoms with van der Waals surface area (Å²) in [6.07, 6.45) is 0. The van der Waals surface area contributed by atoms with Gasteiger partial charge in [0.15, 0.2) is 0 Å². The van der Waals surface area contributed by atoms with Gasteiger partial charge >= 0.3 is 5.97 Å². The minimum atomic E-state index is -0.345. The van der Waals surface area contributed by atoms with Crippen LogP contribution in [0.4, 0.5) is 5.69 Å². The number of hydrogen-bond acceptors (Lipinski definition) is 4. The summed E-state index contributed by atoms with van der Waals surface area (Å²) in [4.78, 5) is 28.1. The van der Waals surface area contributed by atoms with E-state index in [9.17, 15) is 9.59 Å². The van der Waals surface area contributed by atoms with Crippen LogP contribution in [-0.2, 0) is 14.3 Å².